The summed E-state index contributed by atoms with van der Waals surface area (Å²) in [6.45, 7) is 17.7. The molecule has 3 aromatic carbocycles. The van der Waals surface area contributed by atoms with E-state index in [1.807, 2.05) is 6.07 Å². The maximum absolute atomic E-state index is 8.27. The van der Waals surface area contributed by atoms with Crippen LogP contribution in [0.4, 0.5) is 0 Å². The van der Waals surface area contributed by atoms with Gasteiger partial charge in [-0.05, 0) is 92.0 Å². The van der Waals surface area contributed by atoms with Crippen molar-refractivity contribution < 1.29 is 31.6 Å². The minimum absolute atomic E-state index is 0. The van der Waals surface area contributed by atoms with Crippen LogP contribution in [-0.2, 0) is 31.6 Å². The van der Waals surface area contributed by atoms with E-state index in [4.69, 9.17) is 5.26 Å². The third-order valence-corrected chi connectivity index (χ3v) is 16.9. The molecular formula is C41H62ClFeNNiP2+. The van der Waals surface area contributed by atoms with Gasteiger partial charge < -0.3 is 14.9 Å². The van der Waals surface area contributed by atoms with Gasteiger partial charge in [-0.1, -0.05) is 74.1 Å². The number of rotatable bonds is 5. The van der Waals surface area contributed by atoms with Crippen molar-refractivity contribution in [3.05, 3.63) is 111 Å². The predicted octanol–water partition coefficient (Wildman–Crippen LogP) is 12.1. The predicted molar refractivity (Wildman–Crippen MR) is 211 cm³/mol. The summed E-state index contributed by atoms with van der Waals surface area (Å²) < 4.78 is 0. The summed E-state index contributed by atoms with van der Waals surface area (Å²) in [5.74, 6) is 0.872. The number of halogens is 1. The molecule has 0 aromatic heterocycles. The van der Waals surface area contributed by atoms with Gasteiger partial charge >= 0.3 is 41.8 Å². The Morgan fingerprint density at radius 2 is 1.13 bits per heavy atom. The zero-order chi connectivity index (χ0) is 32.6. The van der Waals surface area contributed by atoms with Crippen molar-refractivity contribution in [1.29, 1.82) is 5.26 Å². The Morgan fingerprint density at radius 3 is 1.47 bits per heavy atom. The Hall–Kier alpha value is -0.687. The van der Waals surface area contributed by atoms with Gasteiger partial charge in [0.25, 0.3) is 0 Å². The van der Waals surface area contributed by atoms with Crippen LogP contribution in [0.5, 0.6) is 0 Å². The molecule has 3 aromatic rings. The fourth-order valence-corrected chi connectivity index (χ4v) is 17.5. The molecule has 2 fully saturated rings. The molecule has 0 saturated heterocycles. The van der Waals surface area contributed by atoms with E-state index in [2.05, 4.69) is 140 Å². The van der Waals surface area contributed by atoms with Crippen LogP contribution in [0, 0.1) is 38.2 Å². The molecule has 0 bridgehead atoms. The average molecular weight is 781 g/mol. The number of hydrogen-bond acceptors (Lipinski definition) is 1. The smallest absolute Gasteiger partial charge is 2.00 e. The molecule has 2 aliphatic carbocycles. The molecule has 0 amide bonds. The monoisotopic (exact) mass is 779 g/mol. The van der Waals surface area contributed by atoms with E-state index in [0.29, 0.717) is 15.9 Å². The second kappa shape index (κ2) is 25.3. The molecule has 0 N–H and O–H groups in total. The zero-order valence-electron chi connectivity index (χ0n) is 30.5. The largest absolute Gasteiger partial charge is 2.00 e. The van der Waals surface area contributed by atoms with Gasteiger partial charge in [0.15, 0.2) is 0 Å². The molecule has 265 valence electrons. The van der Waals surface area contributed by atoms with Gasteiger partial charge in [-0.2, -0.15) is 35.6 Å². The van der Waals surface area contributed by atoms with E-state index in [0.717, 1.165) is 17.2 Å². The summed E-state index contributed by atoms with van der Waals surface area (Å²) in [4.78, 5) is 0. The van der Waals surface area contributed by atoms with E-state index >= 15 is 0 Å². The summed E-state index contributed by atoms with van der Waals surface area (Å²) in [6.07, 6.45) is 11.8. The Morgan fingerprint density at radius 1 is 0.723 bits per heavy atom. The van der Waals surface area contributed by atoms with Crippen LogP contribution in [0.1, 0.15) is 105 Å². The average Bonchev–Trinajstić information content (AvgIpc) is 3.75. The first kappa shape index (κ1) is 48.4. The van der Waals surface area contributed by atoms with Gasteiger partial charge in [0, 0.05) is 13.8 Å². The normalized spacial score (nSPS) is 17.4. The summed E-state index contributed by atoms with van der Waals surface area (Å²) in [5.41, 5.74) is 2.38. The van der Waals surface area contributed by atoms with E-state index in [-0.39, 0.29) is 31.9 Å². The van der Waals surface area contributed by atoms with Gasteiger partial charge in [-0.25, -0.2) is 0 Å². The Bertz CT molecular complexity index is 1140. The minimum Gasteiger partial charge on any atom is 2.00 e. The van der Waals surface area contributed by atoms with Crippen molar-refractivity contribution in [3.63, 3.8) is 0 Å². The third-order valence-electron chi connectivity index (χ3n) is 8.92. The molecular weight excluding hydrogens is 718 g/mol. The van der Waals surface area contributed by atoms with Gasteiger partial charge in [0.2, 0.25) is 0 Å². The molecule has 2 unspecified atom stereocenters. The molecule has 2 aliphatic rings. The molecule has 47 heavy (non-hydrogen) atoms. The molecule has 1 nitrogen and oxygen atoms in total. The van der Waals surface area contributed by atoms with Crippen molar-refractivity contribution >= 4 is 36.6 Å². The fraction of sp³-hybridized carbons (Fsp3) is 0.488. The number of benzene rings is 3. The third kappa shape index (κ3) is 16.3. The van der Waals surface area contributed by atoms with E-state index in [1.165, 1.54) is 51.4 Å². The summed E-state index contributed by atoms with van der Waals surface area (Å²) >= 11 is 3.35. The van der Waals surface area contributed by atoms with Crippen LogP contribution < -0.4 is 10.6 Å². The molecule has 0 radical (unpaired) electrons. The van der Waals surface area contributed by atoms with E-state index in [9.17, 15) is 0 Å². The van der Waals surface area contributed by atoms with Gasteiger partial charge in [0.05, 0.1) is 46.2 Å². The first-order chi connectivity index (χ1) is 21.0. The molecule has 5 rings (SSSR count). The van der Waals surface area contributed by atoms with Crippen LogP contribution in [0.25, 0.3) is 0 Å². The maximum Gasteiger partial charge on any atom is 2.00 e. The number of nitrogens with zero attached hydrogens (tertiary/aromatic N) is 1. The van der Waals surface area contributed by atoms with Gasteiger partial charge in [-0.15, -0.1) is 0 Å². The summed E-state index contributed by atoms with van der Waals surface area (Å²) in [7, 11) is 2.94. The summed E-state index contributed by atoms with van der Waals surface area (Å²) in [6, 6.07) is 34.6. The Kier molecular flexibility index (Phi) is 26.1. The van der Waals surface area contributed by atoms with Crippen LogP contribution >= 0.6 is 26.0 Å². The van der Waals surface area contributed by atoms with Crippen LogP contribution in [0.15, 0.2) is 84.9 Å². The molecule has 3 atom stereocenters. The number of nitriles is 1. The fourth-order valence-electron chi connectivity index (χ4n) is 7.83. The van der Waals surface area contributed by atoms with E-state index in [1.54, 1.807) is 34.9 Å². The quantitative estimate of drug-likeness (QED) is 0.144. The van der Waals surface area contributed by atoms with Gasteiger partial charge in [0.1, 0.15) is 0 Å². The topological polar surface area (TPSA) is 23.8 Å². The van der Waals surface area contributed by atoms with Crippen LogP contribution in [-0.4, -0.2) is 21.6 Å². The first-order valence-electron chi connectivity index (χ1n) is 16.4. The molecule has 6 heteroatoms. The molecule has 0 spiro atoms. The number of hydrogen-bond donors (Lipinski definition) is 0. The standard InChI is InChI=1S/C27H40P2.C7H4N.C5H10.2CH3.ClH.Fe.Ni/c1-21(29(26(2,3)4)27(5,6)7)24-19-14-20-25(24)28(22-15-10-8-11-16-22)23-17-12-9-13-18-23;8-6-7-4-2-1-3-5-7;1-2-4-5-3-1;;;;;/h8-13,15-18,21,24-25H,14,19-20H2,1-7H3;2-5H;1-5H2;2*1H3;1H;;/q;-1;;2*-1;;+2;+1/p+1/t21-,24?,25?;;;;;;;/m1......./s1. The zero-order valence-corrected chi connectivity index (χ0v) is 35.3. The van der Waals surface area contributed by atoms with Crippen molar-refractivity contribution in [1.82, 2.24) is 0 Å². The Balaban J connectivity index is 0. The molecule has 2 saturated carbocycles. The van der Waals surface area contributed by atoms with Crippen molar-refractivity contribution in [2.24, 2.45) is 5.92 Å². The van der Waals surface area contributed by atoms with Gasteiger partial charge in [-0.3, -0.25) is 0 Å². The Labute approximate surface area is 316 Å². The summed E-state index contributed by atoms with van der Waals surface area (Å²) in [5, 5.41) is 12.3. The minimum atomic E-state index is -0.777. The van der Waals surface area contributed by atoms with Crippen molar-refractivity contribution in [2.45, 2.75) is 121 Å². The SMILES string of the molecule is C1CCCC1.C[C@H](C1CCCC1[PH+](c1ccccc1)c1ccccc1)[PH+](C(C)(C)C)C(C)(C)C.N#Cc1cc[c-]cc1.[CH3-].[CH3-].[Cl][Ni].[Fe+2]. The molecule has 0 aliphatic heterocycles. The molecule has 0 heterocycles. The second-order valence-corrected chi connectivity index (χ2v) is 21.7. The van der Waals surface area contributed by atoms with Crippen LogP contribution in [0.2, 0.25) is 0 Å². The maximum atomic E-state index is 8.27. The second-order valence-electron chi connectivity index (χ2n) is 14.2. The van der Waals surface area contributed by atoms with E-state index < -0.39 is 15.8 Å². The van der Waals surface area contributed by atoms with Crippen molar-refractivity contribution in [2.75, 3.05) is 0 Å². The van der Waals surface area contributed by atoms with Crippen molar-refractivity contribution in [3.8, 4) is 6.07 Å². The first-order valence-corrected chi connectivity index (χ1v) is 20.9. The van der Waals surface area contributed by atoms with Crippen LogP contribution in [0.3, 0.4) is 0 Å².